The topological polar surface area (TPSA) is 90.5 Å². The Morgan fingerprint density at radius 1 is 1.25 bits per heavy atom. The number of hydrogen-bond donors (Lipinski definition) is 2. The van der Waals surface area contributed by atoms with Gasteiger partial charge in [-0.05, 0) is 13.3 Å². The van der Waals surface area contributed by atoms with Crippen LogP contribution in [0.5, 0.6) is 0 Å². The van der Waals surface area contributed by atoms with Crippen LogP contribution >= 0.6 is 11.3 Å². The number of aliphatic hydroxyl groups excluding tert-OH is 1. The Hall–Kier alpha value is -0.700. The molecule has 0 atom stereocenters. The Morgan fingerprint density at radius 3 is 2.45 bits per heavy atom. The van der Waals surface area contributed by atoms with Crippen LogP contribution in [0.2, 0.25) is 0 Å². The van der Waals surface area contributed by atoms with Crippen molar-refractivity contribution < 1.29 is 13.5 Å². The molecule has 0 radical (unpaired) electrons. The van der Waals surface area contributed by atoms with E-state index in [1.807, 2.05) is 0 Å². The van der Waals surface area contributed by atoms with Crippen molar-refractivity contribution in [3.63, 3.8) is 0 Å². The van der Waals surface area contributed by atoms with Gasteiger partial charge in [0, 0.05) is 18.8 Å². The number of aromatic amines is 1. The normalized spacial score (nSPS) is 12.2. The fraction of sp³-hybridized carbons (Fsp3) is 0.750. The minimum atomic E-state index is -3.70. The van der Waals surface area contributed by atoms with Crippen molar-refractivity contribution in [2.75, 3.05) is 19.7 Å². The van der Waals surface area contributed by atoms with Gasteiger partial charge in [0.1, 0.15) is 0 Å². The second kappa shape index (κ2) is 7.92. The fourth-order valence-corrected chi connectivity index (χ4v) is 4.84. The van der Waals surface area contributed by atoms with E-state index in [-0.39, 0.29) is 22.2 Å². The first kappa shape index (κ1) is 17.4. The molecule has 0 spiro atoms. The number of nitrogens with zero attached hydrogens (tertiary/aromatic N) is 1. The highest BCUT2D eigenvalue weighted by Gasteiger charge is 2.27. The summed E-state index contributed by atoms with van der Waals surface area (Å²) in [6.07, 6.45) is 3.84. The molecule has 0 bridgehead atoms. The van der Waals surface area contributed by atoms with Crippen molar-refractivity contribution in [2.45, 2.75) is 43.7 Å². The van der Waals surface area contributed by atoms with Gasteiger partial charge in [0.25, 0.3) is 10.0 Å². The summed E-state index contributed by atoms with van der Waals surface area (Å²) in [5.74, 6) is 0. The summed E-state index contributed by atoms with van der Waals surface area (Å²) in [5.41, 5.74) is 0.358. The largest absolute Gasteiger partial charge is 0.395 e. The van der Waals surface area contributed by atoms with Crippen molar-refractivity contribution in [2.24, 2.45) is 0 Å². The van der Waals surface area contributed by atoms with Gasteiger partial charge in [-0.1, -0.05) is 37.5 Å². The third-order valence-electron chi connectivity index (χ3n) is 2.97. The number of H-pyrrole nitrogens is 1. The standard InChI is InChI=1S/C12H22N2O4S2/c1-3-4-5-6-7-14(8-9-15)20(17,18)11-10(2)13-12(16)19-11/h15H,3-9H2,1-2H3,(H,13,16). The Balaban J connectivity index is 2.88. The van der Waals surface area contributed by atoms with Crippen molar-refractivity contribution in [3.8, 4) is 0 Å². The number of sulfonamides is 1. The third-order valence-corrected chi connectivity index (χ3v) is 6.45. The molecule has 6 nitrogen and oxygen atoms in total. The predicted molar refractivity (Wildman–Crippen MR) is 79.7 cm³/mol. The molecular weight excluding hydrogens is 300 g/mol. The highest BCUT2D eigenvalue weighted by molar-refractivity contribution is 7.91. The molecule has 1 heterocycles. The maximum Gasteiger partial charge on any atom is 0.305 e. The summed E-state index contributed by atoms with van der Waals surface area (Å²) >= 11 is 0.697. The SMILES string of the molecule is CCCCCCN(CCO)S(=O)(=O)c1sc(=O)[nH]c1C. The average molecular weight is 322 g/mol. The first-order valence-electron chi connectivity index (χ1n) is 6.74. The number of thiazole rings is 1. The van der Waals surface area contributed by atoms with Gasteiger partial charge in [-0.15, -0.1) is 0 Å². The molecule has 0 aromatic carbocycles. The van der Waals surface area contributed by atoms with Crippen LogP contribution < -0.4 is 4.87 Å². The summed E-state index contributed by atoms with van der Waals surface area (Å²) in [6.45, 7) is 3.85. The number of nitrogens with one attached hydrogen (secondary N) is 1. The van der Waals surface area contributed by atoms with Gasteiger partial charge >= 0.3 is 4.87 Å². The van der Waals surface area contributed by atoms with Crippen LogP contribution in [0, 0.1) is 6.92 Å². The van der Waals surface area contributed by atoms with E-state index in [1.165, 1.54) is 4.31 Å². The first-order valence-corrected chi connectivity index (χ1v) is 8.99. The Kier molecular flexibility index (Phi) is 6.87. The maximum atomic E-state index is 12.5. The molecule has 2 N–H and O–H groups in total. The second-order valence-electron chi connectivity index (χ2n) is 4.62. The van der Waals surface area contributed by atoms with Gasteiger partial charge in [0.05, 0.1) is 6.61 Å². The highest BCUT2D eigenvalue weighted by atomic mass is 32.2. The van der Waals surface area contributed by atoms with Gasteiger partial charge in [0.2, 0.25) is 0 Å². The molecule has 0 saturated carbocycles. The molecule has 20 heavy (non-hydrogen) atoms. The van der Waals surface area contributed by atoms with E-state index in [1.54, 1.807) is 6.92 Å². The van der Waals surface area contributed by atoms with E-state index in [2.05, 4.69) is 11.9 Å². The highest BCUT2D eigenvalue weighted by Crippen LogP contribution is 2.21. The molecule has 0 aliphatic heterocycles. The quantitative estimate of drug-likeness (QED) is 0.671. The Morgan fingerprint density at radius 2 is 1.95 bits per heavy atom. The monoisotopic (exact) mass is 322 g/mol. The number of unbranched alkanes of at least 4 members (excludes halogenated alkanes) is 3. The molecular formula is C12H22N2O4S2. The molecule has 0 aliphatic carbocycles. The Labute approximate surface area is 123 Å². The van der Waals surface area contributed by atoms with Crippen LogP contribution in [-0.2, 0) is 10.0 Å². The zero-order valence-corrected chi connectivity index (χ0v) is 13.5. The van der Waals surface area contributed by atoms with E-state index in [9.17, 15) is 13.2 Å². The number of rotatable bonds is 9. The van der Waals surface area contributed by atoms with Crippen LogP contribution in [0.15, 0.2) is 9.00 Å². The number of aromatic nitrogens is 1. The number of hydrogen-bond acceptors (Lipinski definition) is 5. The summed E-state index contributed by atoms with van der Waals surface area (Å²) in [7, 11) is -3.70. The van der Waals surface area contributed by atoms with Gasteiger partial charge in [-0.25, -0.2) is 8.42 Å². The second-order valence-corrected chi connectivity index (χ2v) is 7.73. The molecule has 0 saturated heterocycles. The first-order chi connectivity index (χ1) is 9.43. The van der Waals surface area contributed by atoms with E-state index >= 15 is 0 Å². The van der Waals surface area contributed by atoms with Crippen LogP contribution in [0.25, 0.3) is 0 Å². The lowest BCUT2D eigenvalue weighted by molar-refractivity contribution is 0.252. The number of aryl methyl sites for hydroxylation is 1. The van der Waals surface area contributed by atoms with Gasteiger partial charge in [-0.3, -0.25) is 4.79 Å². The van der Waals surface area contributed by atoms with E-state index in [4.69, 9.17) is 5.11 Å². The zero-order chi connectivity index (χ0) is 15.2. The minimum Gasteiger partial charge on any atom is -0.395 e. The van der Waals surface area contributed by atoms with Gasteiger partial charge in [0.15, 0.2) is 4.21 Å². The summed E-state index contributed by atoms with van der Waals surface area (Å²) in [6, 6.07) is 0. The van der Waals surface area contributed by atoms with Crippen molar-refractivity contribution in [1.29, 1.82) is 0 Å². The van der Waals surface area contributed by atoms with Crippen molar-refractivity contribution in [1.82, 2.24) is 9.29 Å². The molecule has 1 aromatic rings. The lowest BCUT2D eigenvalue weighted by atomic mass is 10.2. The minimum absolute atomic E-state index is 0.0476. The number of aliphatic hydroxyl groups is 1. The van der Waals surface area contributed by atoms with Crippen LogP contribution in [0.1, 0.15) is 38.3 Å². The lowest BCUT2D eigenvalue weighted by Crippen LogP contribution is -2.34. The molecule has 116 valence electrons. The molecule has 8 heteroatoms. The molecule has 1 aromatic heterocycles. The molecule has 0 amide bonds. The van der Waals surface area contributed by atoms with Gasteiger partial charge < -0.3 is 10.1 Å². The molecule has 1 rings (SSSR count). The summed E-state index contributed by atoms with van der Waals surface area (Å²) < 4.78 is 26.3. The van der Waals surface area contributed by atoms with E-state index in [0.717, 1.165) is 25.7 Å². The maximum absolute atomic E-state index is 12.5. The summed E-state index contributed by atoms with van der Waals surface area (Å²) in [4.78, 5) is 13.4. The van der Waals surface area contributed by atoms with Crippen molar-refractivity contribution >= 4 is 21.4 Å². The molecule has 0 aliphatic rings. The van der Waals surface area contributed by atoms with Crippen LogP contribution in [-0.4, -0.2) is 42.5 Å². The molecule has 0 unspecified atom stereocenters. The van der Waals surface area contributed by atoms with Crippen LogP contribution in [0.4, 0.5) is 0 Å². The predicted octanol–water partition coefficient (Wildman–Crippen LogP) is 1.31. The van der Waals surface area contributed by atoms with E-state index < -0.39 is 10.0 Å². The van der Waals surface area contributed by atoms with Crippen LogP contribution in [0.3, 0.4) is 0 Å². The van der Waals surface area contributed by atoms with Crippen molar-refractivity contribution in [3.05, 3.63) is 15.4 Å². The zero-order valence-electron chi connectivity index (χ0n) is 11.9. The van der Waals surface area contributed by atoms with Gasteiger partial charge in [-0.2, -0.15) is 4.31 Å². The smallest absolute Gasteiger partial charge is 0.305 e. The third kappa shape index (κ3) is 4.41. The Bertz CT molecular complexity index is 562. The van der Waals surface area contributed by atoms with E-state index in [0.29, 0.717) is 23.6 Å². The summed E-state index contributed by atoms with van der Waals surface area (Å²) in [5, 5.41) is 9.05. The fourth-order valence-electron chi connectivity index (χ4n) is 1.93. The molecule has 0 fully saturated rings. The average Bonchev–Trinajstić information content (AvgIpc) is 2.73. The lowest BCUT2D eigenvalue weighted by Gasteiger charge is -2.20.